The Morgan fingerprint density at radius 2 is 2.05 bits per heavy atom. The van der Waals surface area contributed by atoms with Gasteiger partial charge in [0.25, 0.3) is 11.6 Å². The second kappa shape index (κ2) is 4.43. The molecule has 0 aliphatic carbocycles. The van der Waals surface area contributed by atoms with Crippen LogP contribution in [-0.4, -0.2) is 43.3 Å². The molecule has 2 aliphatic heterocycles. The van der Waals surface area contributed by atoms with Crippen LogP contribution < -0.4 is 4.90 Å². The molecule has 1 saturated heterocycles. The minimum atomic E-state index is -0.462. The molecular weight excluding hydrogens is 250 g/mol. The van der Waals surface area contributed by atoms with Crippen molar-refractivity contribution >= 4 is 23.5 Å². The SMILES string of the molecule is O=C1N=Cc2cc(N3CCOCC3)c([N+](=O)[O-])cc21. The van der Waals surface area contributed by atoms with Crippen LogP contribution in [0.4, 0.5) is 11.4 Å². The van der Waals surface area contributed by atoms with Gasteiger partial charge in [-0.15, -0.1) is 0 Å². The molecule has 2 aliphatic rings. The zero-order valence-corrected chi connectivity index (χ0v) is 10.0. The van der Waals surface area contributed by atoms with Gasteiger partial charge in [0.2, 0.25) is 0 Å². The lowest BCUT2D eigenvalue weighted by atomic mass is 10.1. The summed E-state index contributed by atoms with van der Waals surface area (Å²) in [5.74, 6) is -0.424. The standard InChI is InChI=1S/C12H11N3O4/c16-12-9-6-11(15(17)18)10(5-8(9)7-13-12)14-1-3-19-4-2-14/h5-7H,1-4H2. The predicted molar refractivity (Wildman–Crippen MR) is 68.1 cm³/mol. The highest BCUT2D eigenvalue weighted by Crippen LogP contribution is 2.33. The molecule has 3 rings (SSSR count). The maximum atomic E-state index is 11.5. The summed E-state index contributed by atoms with van der Waals surface area (Å²) in [6.07, 6.45) is 1.45. The maximum absolute atomic E-state index is 11.5. The lowest BCUT2D eigenvalue weighted by molar-refractivity contribution is -0.384. The number of rotatable bonds is 2. The first-order valence-electron chi connectivity index (χ1n) is 5.90. The number of anilines is 1. The summed E-state index contributed by atoms with van der Waals surface area (Å²) >= 11 is 0. The van der Waals surface area contributed by atoms with E-state index in [1.54, 1.807) is 6.07 Å². The van der Waals surface area contributed by atoms with Gasteiger partial charge < -0.3 is 9.64 Å². The lowest BCUT2D eigenvalue weighted by Gasteiger charge is -2.28. The Bertz CT molecular complexity index is 591. The molecule has 98 valence electrons. The molecule has 7 nitrogen and oxygen atoms in total. The second-order valence-corrected chi connectivity index (χ2v) is 4.35. The molecule has 0 aromatic heterocycles. The molecule has 1 fully saturated rings. The molecule has 0 unspecified atom stereocenters. The molecule has 2 heterocycles. The van der Waals surface area contributed by atoms with Crippen molar-refractivity contribution in [2.24, 2.45) is 4.99 Å². The number of nitro groups is 1. The van der Waals surface area contributed by atoms with E-state index in [2.05, 4.69) is 4.99 Å². The summed E-state index contributed by atoms with van der Waals surface area (Å²) in [7, 11) is 0. The van der Waals surface area contributed by atoms with Crippen LogP contribution in [0.3, 0.4) is 0 Å². The Morgan fingerprint density at radius 1 is 1.32 bits per heavy atom. The zero-order chi connectivity index (χ0) is 13.4. The molecule has 1 aromatic carbocycles. The highest BCUT2D eigenvalue weighted by molar-refractivity contribution is 6.14. The number of carbonyl (C=O) groups is 1. The summed E-state index contributed by atoms with van der Waals surface area (Å²) in [6.45, 7) is 2.29. The van der Waals surface area contributed by atoms with Gasteiger partial charge in [-0.1, -0.05) is 0 Å². The average Bonchev–Trinajstić information content (AvgIpc) is 2.79. The minimum Gasteiger partial charge on any atom is -0.378 e. The first-order valence-corrected chi connectivity index (χ1v) is 5.90. The van der Waals surface area contributed by atoms with Crippen molar-refractivity contribution in [3.05, 3.63) is 33.4 Å². The molecule has 1 amide bonds. The van der Waals surface area contributed by atoms with Crippen LogP contribution in [0.2, 0.25) is 0 Å². The van der Waals surface area contributed by atoms with Gasteiger partial charge in [0.15, 0.2) is 0 Å². The van der Waals surface area contributed by atoms with E-state index in [0.29, 0.717) is 43.1 Å². The van der Waals surface area contributed by atoms with Crippen LogP contribution in [0.25, 0.3) is 0 Å². The number of aliphatic imine (C=N–C) groups is 1. The Morgan fingerprint density at radius 3 is 2.74 bits per heavy atom. The van der Waals surface area contributed by atoms with Gasteiger partial charge in [0.1, 0.15) is 5.69 Å². The number of hydrogen-bond donors (Lipinski definition) is 0. The van der Waals surface area contributed by atoms with E-state index < -0.39 is 10.8 Å². The molecule has 1 aromatic rings. The summed E-state index contributed by atoms with van der Waals surface area (Å²) in [5.41, 5.74) is 1.40. The normalized spacial score (nSPS) is 17.7. The first kappa shape index (κ1) is 11.8. The third-order valence-electron chi connectivity index (χ3n) is 3.25. The van der Waals surface area contributed by atoms with Crippen molar-refractivity contribution in [3.8, 4) is 0 Å². The van der Waals surface area contributed by atoms with Gasteiger partial charge in [-0.2, -0.15) is 0 Å². The molecule has 0 spiro atoms. The fraction of sp³-hybridized carbons (Fsp3) is 0.333. The van der Waals surface area contributed by atoms with Crippen LogP contribution in [0.5, 0.6) is 0 Å². The fourth-order valence-electron chi connectivity index (χ4n) is 2.29. The second-order valence-electron chi connectivity index (χ2n) is 4.35. The Balaban J connectivity index is 2.09. The number of morpholine rings is 1. The number of nitro benzene ring substituents is 1. The van der Waals surface area contributed by atoms with Gasteiger partial charge in [0, 0.05) is 30.9 Å². The third-order valence-corrected chi connectivity index (χ3v) is 3.25. The molecular formula is C12H11N3O4. The molecule has 0 bridgehead atoms. The highest BCUT2D eigenvalue weighted by atomic mass is 16.6. The number of amides is 1. The summed E-state index contributed by atoms with van der Waals surface area (Å²) < 4.78 is 5.24. The van der Waals surface area contributed by atoms with E-state index >= 15 is 0 Å². The van der Waals surface area contributed by atoms with Gasteiger partial charge in [-0.3, -0.25) is 14.9 Å². The maximum Gasteiger partial charge on any atom is 0.293 e. The highest BCUT2D eigenvalue weighted by Gasteiger charge is 2.27. The summed E-state index contributed by atoms with van der Waals surface area (Å²) in [6, 6.07) is 2.97. The lowest BCUT2D eigenvalue weighted by Crippen LogP contribution is -2.36. The molecule has 0 saturated carbocycles. The van der Waals surface area contributed by atoms with E-state index in [4.69, 9.17) is 4.74 Å². The van der Waals surface area contributed by atoms with E-state index in [1.807, 2.05) is 4.90 Å². The van der Waals surface area contributed by atoms with Gasteiger partial charge >= 0.3 is 0 Å². The topological polar surface area (TPSA) is 85.0 Å². The number of nitrogens with zero attached hydrogens (tertiary/aromatic N) is 3. The summed E-state index contributed by atoms with van der Waals surface area (Å²) in [4.78, 5) is 27.7. The van der Waals surface area contributed by atoms with Crippen LogP contribution in [0, 0.1) is 10.1 Å². The monoisotopic (exact) mass is 261 g/mol. The van der Waals surface area contributed by atoms with Crippen molar-refractivity contribution in [2.75, 3.05) is 31.2 Å². The Kier molecular flexibility index (Phi) is 2.75. The zero-order valence-electron chi connectivity index (χ0n) is 10.0. The Labute approximate surface area is 108 Å². The largest absolute Gasteiger partial charge is 0.378 e. The van der Waals surface area contributed by atoms with E-state index in [0.717, 1.165) is 0 Å². The van der Waals surface area contributed by atoms with Crippen LogP contribution in [-0.2, 0) is 4.74 Å². The van der Waals surface area contributed by atoms with Crippen molar-refractivity contribution < 1.29 is 14.5 Å². The van der Waals surface area contributed by atoms with Crippen molar-refractivity contribution in [1.82, 2.24) is 0 Å². The third kappa shape index (κ3) is 1.97. The molecule has 0 radical (unpaired) electrons. The number of fused-ring (bicyclic) bond motifs is 1. The minimum absolute atomic E-state index is 0.0560. The number of hydrogen-bond acceptors (Lipinski definition) is 5. The van der Waals surface area contributed by atoms with Crippen molar-refractivity contribution in [1.29, 1.82) is 0 Å². The Hall–Kier alpha value is -2.28. The van der Waals surface area contributed by atoms with E-state index in [1.165, 1.54) is 12.3 Å². The van der Waals surface area contributed by atoms with E-state index in [-0.39, 0.29) is 5.69 Å². The van der Waals surface area contributed by atoms with Gasteiger partial charge in [-0.25, -0.2) is 4.99 Å². The quantitative estimate of drug-likeness (QED) is 0.585. The van der Waals surface area contributed by atoms with Crippen LogP contribution in [0.15, 0.2) is 17.1 Å². The fourth-order valence-corrected chi connectivity index (χ4v) is 2.29. The van der Waals surface area contributed by atoms with Gasteiger partial charge in [0.05, 0.1) is 23.7 Å². The van der Waals surface area contributed by atoms with Gasteiger partial charge in [-0.05, 0) is 6.07 Å². The summed E-state index contributed by atoms with van der Waals surface area (Å²) in [5, 5.41) is 11.2. The van der Waals surface area contributed by atoms with Crippen LogP contribution in [0.1, 0.15) is 15.9 Å². The first-order chi connectivity index (χ1) is 9.16. The van der Waals surface area contributed by atoms with Crippen molar-refractivity contribution in [3.63, 3.8) is 0 Å². The molecule has 0 N–H and O–H groups in total. The number of ether oxygens (including phenoxy) is 1. The van der Waals surface area contributed by atoms with Crippen LogP contribution >= 0.6 is 0 Å². The smallest absolute Gasteiger partial charge is 0.293 e. The molecule has 7 heteroatoms. The van der Waals surface area contributed by atoms with Crippen molar-refractivity contribution in [2.45, 2.75) is 0 Å². The average molecular weight is 261 g/mol. The van der Waals surface area contributed by atoms with E-state index in [9.17, 15) is 14.9 Å². The number of carbonyl (C=O) groups excluding carboxylic acids is 1. The molecule has 0 atom stereocenters. The number of benzene rings is 1. The molecule has 19 heavy (non-hydrogen) atoms. The predicted octanol–water partition coefficient (Wildman–Crippen LogP) is 1.00.